The number of nitrogens with two attached hydrogens (primary N) is 1. The van der Waals surface area contributed by atoms with Crippen LogP contribution in [0.2, 0.25) is 0 Å². The van der Waals surface area contributed by atoms with Gasteiger partial charge in [0.05, 0.1) is 10.2 Å². The summed E-state index contributed by atoms with van der Waals surface area (Å²) in [5.74, 6) is -0.344. The highest BCUT2D eigenvalue weighted by Crippen LogP contribution is 2.27. The average Bonchev–Trinajstić information content (AvgIpc) is 2.93. The summed E-state index contributed by atoms with van der Waals surface area (Å²) in [4.78, 5) is 2.61. The number of rotatable bonds is 5. The van der Waals surface area contributed by atoms with Crippen molar-refractivity contribution in [3.63, 3.8) is 0 Å². The summed E-state index contributed by atoms with van der Waals surface area (Å²) in [7, 11) is 0. The lowest BCUT2D eigenvalue weighted by Gasteiger charge is -2.24. The van der Waals surface area contributed by atoms with Crippen LogP contribution < -0.4 is 11.1 Å². The maximum Gasteiger partial charge on any atom is 0.161 e. The van der Waals surface area contributed by atoms with Crippen molar-refractivity contribution in [2.75, 3.05) is 25.0 Å². The minimum absolute atomic E-state index is 0.188. The maximum atomic E-state index is 14.2. The molecular weight excluding hydrogens is 341 g/mol. The third-order valence-electron chi connectivity index (χ3n) is 3.70. The molecule has 110 valence electrons. The molecular formula is C14H19BrFN3S. The second-order valence-corrected chi connectivity index (χ2v) is 6.36. The van der Waals surface area contributed by atoms with Crippen molar-refractivity contribution in [1.82, 2.24) is 4.90 Å². The molecule has 3 N–H and O–H groups in total. The number of hydrogen-bond donors (Lipinski definition) is 2. The molecule has 6 heteroatoms. The van der Waals surface area contributed by atoms with Crippen LogP contribution in [0, 0.1) is 5.82 Å². The Bertz CT molecular complexity index is 503. The maximum absolute atomic E-state index is 14.2. The van der Waals surface area contributed by atoms with E-state index in [0.717, 1.165) is 19.6 Å². The van der Waals surface area contributed by atoms with E-state index < -0.39 is 0 Å². The number of thiocarbonyl (C=S) groups is 1. The number of likely N-dealkylation sites (tertiary alicyclic amines) is 1. The van der Waals surface area contributed by atoms with E-state index in [9.17, 15) is 4.39 Å². The largest absolute Gasteiger partial charge is 0.389 e. The van der Waals surface area contributed by atoms with Gasteiger partial charge in [0.25, 0.3) is 0 Å². The highest BCUT2D eigenvalue weighted by molar-refractivity contribution is 9.10. The Morgan fingerprint density at radius 1 is 1.50 bits per heavy atom. The molecule has 1 aliphatic heterocycles. The molecule has 2 rings (SSSR count). The SMILES string of the molecule is CC(CNc1ccc(C(N)=S)c(Br)c1F)N1CCCC1. The fourth-order valence-corrected chi connectivity index (χ4v) is 3.31. The van der Waals surface area contributed by atoms with E-state index in [2.05, 4.69) is 33.1 Å². The number of anilines is 1. The minimum atomic E-state index is -0.344. The van der Waals surface area contributed by atoms with Crippen molar-refractivity contribution in [3.8, 4) is 0 Å². The summed E-state index contributed by atoms with van der Waals surface area (Å²) in [6.45, 7) is 5.15. The van der Waals surface area contributed by atoms with Gasteiger partial charge in [-0.3, -0.25) is 4.90 Å². The van der Waals surface area contributed by atoms with E-state index in [1.165, 1.54) is 12.8 Å². The first-order valence-corrected chi connectivity index (χ1v) is 7.96. The molecule has 1 saturated heterocycles. The predicted molar refractivity (Wildman–Crippen MR) is 88.7 cm³/mol. The molecule has 20 heavy (non-hydrogen) atoms. The van der Waals surface area contributed by atoms with Crippen LogP contribution in [0.15, 0.2) is 16.6 Å². The summed E-state index contributed by atoms with van der Waals surface area (Å²) in [5.41, 5.74) is 6.54. The number of nitrogens with one attached hydrogen (secondary N) is 1. The van der Waals surface area contributed by atoms with E-state index in [0.29, 0.717) is 21.8 Å². The van der Waals surface area contributed by atoms with Crippen LogP contribution in [-0.2, 0) is 0 Å². The standard InChI is InChI=1S/C14H19BrFN3S/c1-9(19-6-2-3-7-19)8-18-11-5-4-10(14(17)20)12(15)13(11)16/h4-5,9,18H,2-3,6-8H2,1H3,(H2,17,20). The van der Waals surface area contributed by atoms with E-state index in [4.69, 9.17) is 18.0 Å². The number of nitrogens with zero attached hydrogens (tertiary/aromatic N) is 1. The quantitative estimate of drug-likeness (QED) is 0.792. The Morgan fingerprint density at radius 3 is 2.75 bits per heavy atom. The zero-order valence-corrected chi connectivity index (χ0v) is 13.9. The second kappa shape index (κ2) is 6.83. The fourth-order valence-electron chi connectivity index (χ4n) is 2.45. The van der Waals surface area contributed by atoms with Crippen molar-refractivity contribution < 1.29 is 4.39 Å². The first kappa shape index (κ1) is 15.7. The molecule has 0 aliphatic carbocycles. The lowest BCUT2D eigenvalue weighted by Crippen LogP contribution is -2.35. The molecule has 0 bridgehead atoms. The van der Waals surface area contributed by atoms with Gasteiger partial charge in [-0.25, -0.2) is 4.39 Å². The molecule has 1 aromatic carbocycles. The van der Waals surface area contributed by atoms with E-state index >= 15 is 0 Å². The van der Waals surface area contributed by atoms with Crippen LogP contribution in [-0.4, -0.2) is 35.6 Å². The highest BCUT2D eigenvalue weighted by atomic mass is 79.9. The molecule has 0 radical (unpaired) electrons. The monoisotopic (exact) mass is 359 g/mol. The van der Waals surface area contributed by atoms with Crippen molar-refractivity contribution in [2.24, 2.45) is 5.73 Å². The van der Waals surface area contributed by atoms with Crippen LogP contribution in [0.25, 0.3) is 0 Å². The zero-order chi connectivity index (χ0) is 14.7. The van der Waals surface area contributed by atoms with Gasteiger partial charge in [0.2, 0.25) is 0 Å². The van der Waals surface area contributed by atoms with Crippen molar-refractivity contribution in [2.45, 2.75) is 25.8 Å². The molecule has 1 aliphatic rings. The molecule has 0 saturated carbocycles. The summed E-state index contributed by atoms with van der Waals surface area (Å²) >= 11 is 8.10. The molecule has 0 aromatic heterocycles. The number of hydrogen-bond acceptors (Lipinski definition) is 3. The second-order valence-electron chi connectivity index (χ2n) is 5.13. The van der Waals surface area contributed by atoms with Crippen molar-refractivity contribution in [1.29, 1.82) is 0 Å². The topological polar surface area (TPSA) is 41.3 Å². The van der Waals surface area contributed by atoms with Crippen molar-refractivity contribution >= 4 is 38.8 Å². The molecule has 3 nitrogen and oxygen atoms in total. The van der Waals surface area contributed by atoms with E-state index in [1.807, 2.05) is 0 Å². The van der Waals surface area contributed by atoms with Crippen molar-refractivity contribution in [3.05, 3.63) is 28.0 Å². The molecule has 1 heterocycles. The molecule has 1 aromatic rings. The summed E-state index contributed by atoms with van der Waals surface area (Å²) in [5, 5.41) is 3.17. The lowest BCUT2D eigenvalue weighted by molar-refractivity contribution is 0.269. The Hall–Kier alpha value is -0.720. The summed E-state index contributed by atoms with van der Waals surface area (Å²) < 4.78 is 14.5. The Labute approximate surface area is 132 Å². The average molecular weight is 360 g/mol. The van der Waals surface area contributed by atoms with Crippen LogP contribution >= 0.6 is 28.1 Å². The van der Waals surface area contributed by atoms with E-state index in [-0.39, 0.29) is 10.8 Å². The predicted octanol–water partition coefficient (Wildman–Crippen LogP) is 3.12. The summed E-state index contributed by atoms with van der Waals surface area (Å²) in [6.07, 6.45) is 2.51. The normalized spacial score (nSPS) is 17.1. The molecule has 1 unspecified atom stereocenters. The van der Waals surface area contributed by atoms with Gasteiger partial charge in [-0.1, -0.05) is 12.2 Å². The lowest BCUT2D eigenvalue weighted by atomic mass is 10.2. The van der Waals surface area contributed by atoms with Gasteiger partial charge in [-0.2, -0.15) is 0 Å². The molecule has 1 atom stereocenters. The molecule has 0 amide bonds. The third-order valence-corrected chi connectivity index (χ3v) is 4.69. The van der Waals surface area contributed by atoms with Gasteiger partial charge >= 0.3 is 0 Å². The molecule has 0 spiro atoms. The zero-order valence-electron chi connectivity index (χ0n) is 11.5. The van der Waals surface area contributed by atoms with Gasteiger partial charge in [0, 0.05) is 18.2 Å². The van der Waals surface area contributed by atoms with Gasteiger partial charge in [0.15, 0.2) is 5.82 Å². The van der Waals surface area contributed by atoms with Gasteiger partial charge in [-0.15, -0.1) is 0 Å². The summed E-state index contributed by atoms with van der Waals surface area (Å²) in [6, 6.07) is 3.81. The third kappa shape index (κ3) is 3.48. The fraction of sp³-hybridized carbons (Fsp3) is 0.500. The van der Waals surface area contributed by atoms with Crippen LogP contribution in [0.5, 0.6) is 0 Å². The smallest absolute Gasteiger partial charge is 0.161 e. The Balaban J connectivity index is 2.02. The van der Waals surface area contributed by atoms with Gasteiger partial charge < -0.3 is 11.1 Å². The first-order valence-electron chi connectivity index (χ1n) is 6.76. The van der Waals surface area contributed by atoms with Crippen LogP contribution in [0.3, 0.4) is 0 Å². The Kier molecular flexibility index (Phi) is 5.35. The van der Waals surface area contributed by atoms with Crippen LogP contribution in [0.1, 0.15) is 25.3 Å². The highest BCUT2D eigenvalue weighted by Gasteiger charge is 2.19. The van der Waals surface area contributed by atoms with Crippen LogP contribution in [0.4, 0.5) is 10.1 Å². The number of halogens is 2. The first-order chi connectivity index (χ1) is 9.50. The van der Waals surface area contributed by atoms with Gasteiger partial charge in [0.1, 0.15) is 4.99 Å². The minimum Gasteiger partial charge on any atom is -0.389 e. The number of benzene rings is 1. The van der Waals surface area contributed by atoms with E-state index in [1.54, 1.807) is 12.1 Å². The Morgan fingerprint density at radius 2 is 2.15 bits per heavy atom. The van der Waals surface area contributed by atoms with Gasteiger partial charge in [-0.05, 0) is 60.9 Å². The molecule has 1 fully saturated rings.